The Morgan fingerprint density at radius 3 is 2.04 bits per heavy atom. The van der Waals surface area contributed by atoms with Crippen molar-refractivity contribution in [2.75, 3.05) is 0 Å². The molecule has 0 bridgehead atoms. The number of carbonyl (C=O) groups excluding carboxylic acids is 2. The van der Waals surface area contributed by atoms with Crippen LogP contribution in [0.3, 0.4) is 0 Å². The molecule has 0 saturated heterocycles. The van der Waals surface area contributed by atoms with Crippen LogP contribution < -0.4 is 0 Å². The number of nitrogens with zero attached hydrogens (tertiary/aromatic N) is 1. The Labute approximate surface area is 133 Å². The number of ketones is 2. The number of carbonyl (C=O) groups is 2. The van der Waals surface area contributed by atoms with Gasteiger partial charge in [0.1, 0.15) is 0 Å². The molecule has 3 nitrogen and oxygen atoms in total. The highest BCUT2D eigenvalue weighted by Crippen LogP contribution is 2.33. The maximum atomic E-state index is 13.0. The maximum Gasteiger partial charge on any atom is 0.196 e. The zero-order valence-corrected chi connectivity index (χ0v) is 12.5. The summed E-state index contributed by atoms with van der Waals surface area (Å²) in [6, 6.07) is 18.2. The van der Waals surface area contributed by atoms with Gasteiger partial charge in [-0.2, -0.15) is 0 Å². The van der Waals surface area contributed by atoms with Crippen LogP contribution >= 0.6 is 0 Å². The number of aromatic nitrogens is 1. The van der Waals surface area contributed by atoms with Crippen molar-refractivity contribution in [1.29, 1.82) is 0 Å². The van der Waals surface area contributed by atoms with Gasteiger partial charge in [-0.3, -0.25) is 14.6 Å². The highest BCUT2D eigenvalue weighted by Gasteiger charge is 2.32. The zero-order valence-electron chi connectivity index (χ0n) is 12.5. The van der Waals surface area contributed by atoms with Crippen LogP contribution in [0, 0.1) is 6.92 Å². The average Bonchev–Trinajstić information content (AvgIpc) is 2.59. The number of hydrogen-bond donors (Lipinski definition) is 0. The maximum absolute atomic E-state index is 13.0. The van der Waals surface area contributed by atoms with E-state index in [1.807, 2.05) is 37.3 Å². The van der Waals surface area contributed by atoms with Crippen molar-refractivity contribution in [3.63, 3.8) is 0 Å². The first-order valence-corrected chi connectivity index (χ1v) is 7.42. The quantitative estimate of drug-likeness (QED) is 0.536. The van der Waals surface area contributed by atoms with Crippen molar-refractivity contribution in [3.05, 3.63) is 88.6 Å². The third-order valence-electron chi connectivity index (χ3n) is 4.08. The van der Waals surface area contributed by atoms with Crippen molar-refractivity contribution >= 4 is 11.6 Å². The fraction of sp³-hybridized carbons (Fsp3) is 0.0500. The van der Waals surface area contributed by atoms with Crippen LogP contribution in [-0.2, 0) is 0 Å². The van der Waals surface area contributed by atoms with Gasteiger partial charge in [-0.25, -0.2) is 0 Å². The summed E-state index contributed by atoms with van der Waals surface area (Å²) in [5.41, 5.74) is 3.91. The highest BCUT2D eigenvalue weighted by molar-refractivity contribution is 6.30. The number of benzene rings is 2. The molecule has 110 valence electrons. The van der Waals surface area contributed by atoms with Gasteiger partial charge in [0, 0.05) is 27.9 Å². The van der Waals surface area contributed by atoms with Crippen LogP contribution in [0.2, 0.25) is 0 Å². The smallest absolute Gasteiger partial charge is 0.196 e. The standard InChI is InChI=1S/C20H13NO2/c1-12-11-16-17(18(21-12)13-7-3-2-4-8-13)20(23)15-10-6-5-9-14(15)19(16)22/h2-11H,1H3. The van der Waals surface area contributed by atoms with Crippen LogP contribution in [0.4, 0.5) is 0 Å². The van der Waals surface area contributed by atoms with Crippen LogP contribution in [0.5, 0.6) is 0 Å². The van der Waals surface area contributed by atoms with E-state index in [2.05, 4.69) is 4.98 Å². The average molecular weight is 299 g/mol. The Bertz CT molecular complexity index is 959. The molecule has 0 aliphatic heterocycles. The summed E-state index contributed by atoms with van der Waals surface area (Å²) in [7, 11) is 0. The Morgan fingerprint density at radius 2 is 1.35 bits per heavy atom. The molecule has 0 saturated carbocycles. The molecule has 23 heavy (non-hydrogen) atoms. The molecule has 0 radical (unpaired) electrons. The lowest BCUT2D eigenvalue weighted by Gasteiger charge is -2.20. The number of aryl methyl sites for hydroxylation is 1. The molecule has 4 rings (SSSR count). The molecular weight excluding hydrogens is 286 g/mol. The van der Waals surface area contributed by atoms with Gasteiger partial charge in [0.05, 0.1) is 11.3 Å². The predicted molar refractivity (Wildman–Crippen MR) is 87.7 cm³/mol. The number of fused-ring (bicyclic) bond motifs is 2. The molecule has 0 unspecified atom stereocenters. The van der Waals surface area contributed by atoms with Gasteiger partial charge in [-0.1, -0.05) is 54.6 Å². The Balaban J connectivity index is 2.05. The monoisotopic (exact) mass is 299 g/mol. The van der Waals surface area contributed by atoms with Crippen molar-refractivity contribution in [2.45, 2.75) is 6.92 Å². The fourth-order valence-corrected chi connectivity index (χ4v) is 3.05. The first-order chi connectivity index (χ1) is 11.2. The molecule has 1 aliphatic carbocycles. The van der Waals surface area contributed by atoms with Crippen LogP contribution in [0.1, 0.15) is 37.5 Å². The lowest BCUT2D eigenvalue weighted by Crippen LogP contribution is -2.22. The lowest BCUT2D eigenvalue weighted by atomic mass is 9.82. The molecule has 3 aromatic rings. The van der Waals surface area contributed by atoms with E-state index >= 15 is 0 Å². The van der Waals surface area contributed by atoms with E-state index in [1.54, 1.807) is 30.3 Å². The molecule has 0 N–H and O–H groups in total. The molecule has 1 heterocycles. The predicted octanol–water partition coefficient (Wildman–Crippen LogP) is 3.83. The Hall–Kier alpha value is -3.07. The molecule has 1 aromatic heterocycles. The summed E-state index contributed by atoms with van der Waals surface area (Å²) in [5.74, 6) is -0.251. The second-order valence-electron chi connectivity index (χ2n) is 5.60. The largest absolute Gasteiger partial charge is 0.289 e. The molecule has 0 atom stereocenters. The van der Waals surface area contributed by atoms with Crippen LogP contribution in [-0.4, -0.2) is 16.6 Å². The minimum absolute atomic E-state index is 0.113. The summed E-state index contributed by atoms with van der Waals surface area (Å²) in [6.45, 7) is 1.84. The summed E-state index contributed by atoms with van der Waals surface area (Å²) in [5, 5.41) is 0. The Morgan fingerprint density at radius 1 is 0.739 bits per heavy atom. The highest BCUT2D eigenvalue weighted by atomic mass is 16.1. The normalized spacial score (nSPS) is 12.7. The summed E-state index contributed by atoms with van der Waals surface area (Å²) < 4.78 is 0. The molecule has 2 aromatic carbocycles. The van der Waals surface area contributed by atoms with Gasteiger partial charge in [-0.05, 0) is 13.0 Å². The second-order valence-corrected chi connectivity index (χ2v) is 5.60. The van der Waals surface area contributed by atoms with Gasteiger partial charge in [0.15, 0.2) is 11.6 Å². The first-order valence-electron chi connectivity index (χ1n) is 7.42. The SMILES string of the molecule is Cc1cc2c(c(-c3ccccc3)n1)C(=O)c1ccccc1C2=O. The molecular formula is C20H13NO2. The minimum atomic E-state index is -0.137. The van der Waals surface area contributed by atoms with Crippen LogP contribution in [0.25, 0.3) is 11.3 Å². The minimum Gasteiger partial charge on any atom is -0.289 e. The van der Waals surface area contributed by atoms with E-state index in [9.17, 15) is 9.59 Å². The molecule has 0 fully saturated rings. The fourth-order valence-electron chi connectivity index (χ4n) is 3.05. The second kappa shape index (κ2) is 4.99. The third-order valence-corrected chi connectivity index (χ3v) is 4.08. The molecule has 0 spiro atoms. The summed E-state index contributed by atoms with van der Waals surface area (Å²) >= 11 is 0. The topological polar surface area (TPSA) is 47.0 Å². The lowest BCUT2D eigenvalue weighted by molar-refractivity contribution is 0.0979. The van der Waals surface area contributed by atoms with Gasteiger partial charge in [0.25, 0.3) is 0 Å². The number of hydrogen-bond acceptors (Lipinski definition) is 3. The van der Waals surface area contributed by atoms with E-state index in [0.717, 1.165) is 11.3 Å². The molecule has 3 heteroatoms. The molecule has 1 aliphatic rings. The zero-order chi connectivity index (χ0) is 16.0. The van der Waals surface area contributed by atoms with Crippen molar-refractivity contribution < 1.29 is 9.59 Å². The summed E-state index contributed by atoms with van der Waals surface area (Å²) in [6.07, 6.45) is 0. The van der Waals surface area contributed by atoms with Gasteiger partial charge < -0.3 is 0 Å². The first kappa shape index (κ1) is 13.6. The van der Waals surface area contributed by atoms with Crippen molar-refractivity contribution in [3.8, 4) is 11.3 Å². The summed E-state index contributed by atoms with van der Waals surface area (Å²) in [4.78, 5) is 30.3. The third kappa shape index (κ3) is 2.01. The van der Waals surface area contributed by atoms with Crippen molar-refractivity contribution in [2.24, 2.45) is 0 Å². The van der Waals surface area contributed by atoms with Gasteiger partial charge >= 0.3 is 0 Å². The van der Waals surface area contributed by atoms with Crippen LogP contribution in [0.15, 0.2) is 60.7 Å². The number of pyridine rings is 1. The van der Waals surface area contributed by atoms with E-state index < -0.39 is 0 Å². The van der Waals surface area contributed by atoms with Gasteiger partial charge in [0.2, 0.25) is 0 Å². The van der Waals surface area contributed by atoms with E-state index in [0.29, 0.717) is 27.9 Å². The van der Waals surface area contributed by atoms with E-state index in [4.69, 9.17) is 0 Å². The van der Waals surface area contributed by atoms with Gasteiger partial charge in [-0.15, -0.1) is 0 Å². The van der Waals surface area contributed by atoms with Crippen molar-refractivity contribution in [1.82, 2.24) is 4.98 Å². The number of rotatable bonds is 1. The molecule has 0 amide bonds. The van der Waals surface area contributed by atoms with E-state index in [-0.39, 0.29) is 11.6 Å². The Kier molecular flexibility index (Phi) is 2.95. The van der Waals surface area contributed by atoms with E-state index in [1.165, 1.54) is 0 Å².